The van der Waals surface area contributed by atoms with E-state index in [1.807, 2.05) is 18.2 Å². The fourth-order valence-corrected chi connectivity index (χ4v) is 2.81. The third-order valence-electron chi connectivity index (χ3n) is 3.85. The second kappa shape index (κ2) is 8.13. The Bertz CT molecular complexity index is 482. The first-order valence-corrected chi connectivity index (χ1v) is 7.96. The van der Waals surface area contributed by atoms with Crippen molar-refractivity contribution in [1.29, 1.82) is 0 Å². The summed E-state index contributed by atoms with van der Waals surface area (Å²) in [5, 5.41) is 0.720. The summed E-state index contributed by atoms with van der Waals surface area (Å²) in [6.07, 6.45) is 5.80. The number of methoxy groups -OCH3 is 1. The number of aliphatic imine (C=N–C) groups is 1. The van der Waals surface area contributed by atoms with E-state index in [0.717, 1.165) is 35.8 Å². The molecule has 2 N–H and O–H groups in total. The highest BCUT2D eigenvalue weighted by molar-refractivity contribution is 6.31. The van der Waals surface area contributed by atoms with E-state index in [2.05, 4.69) is 9.89 Å². The van der Waals surface area contributed by atoms with Crippen LogP contribution in [0.2, 0.25) is 5.02 Å². The minimum atomic E-state index is 0.661. The first-order valence-electron chi connectivity index (χ1n) is 7.58. The van der Waals surface area contributed by atoms with Gasteiger partial charge in [0, 0.05) is 24.7 Å². The topological polar surface area (TPSA) is 50.9 Å². The van der Waals surface area contributed by atoms with Gasteiger partial charge in [0.25, 0.3) is 0 Å². The molecule has 4 nitrogen and oxygen atoms in total. The van der Waals surface area contributed by atoms with Gasteiger partial charge in [-0.15, -0.1) is 0 Å². The molecule has 0 aliphatic carbocycles. The number of hydrogen-bond acceptors (Lipinski definition) is 2. The molecule has 0 amide bonds. The zero-order valence-electron chi connectivity index (χ0n) is 12.6. The summed E-state index contributed by atoms with van der Waals surface area (Å²) in [6.45, 7) is 2.71. The van der Waals surface area contributed by atoms with Crippen molar-refractivity contribution in [2.24, 2.45) is 10.7 Å². The van der Waals surface area contributed by atoms with Crippen LogP contribution >= 0.6 is 11.6 Å². The van der Waals surface area contributed by atoms with Gasteiger partial charge in [-0.3, -0.25) is 4.99 Å². The summed E-state index contributed by atoms with van der Waals surface area (Å²) in [6, 6.07) is 5.74. The molecule has 0 atom stereocenters. The van der Waals surface area contributed by atoms with Crippen LogP contribution in [0.15, 0.2) is 23.2 Å². The molecule has 0 bridgehead atoms. The summed E-state index contributed by atoms with van der Waals surface area (Å²) < 4.78 is 5.15. The first-order chi connectivity index (χ1) is 10.2. The number of likely N-dealkylation sites (tertiary alicyclic amines) is 1. The molecule has 2 rings (SSSR count). The van der Waals surface area contributed by atoms with Crippen LogP contribution in [0.1, 0.15) is 31.2 Å². The molecule has 1 heterocycles. The molecule has 1 aliphatic rings. The van der Waals surface area contributed by atoms with Crippen molar-refractivity contribution >= 4 is 17.6 Å². The Morgan fingerprint density at radius 3 is 2.62 bits per heavy atom. The molecule has 1 fully saturated rings. The molecule has 21 heavy (non-hydrogen) atoms. The number of rotatable bonds is 4. The third-order valence-corrected chi connectivity index (χ3v) is 4.20. The highest BCUT2D eigenvalue weighted by Crippen LogP contribution is 2.22. The number of guanidine groups is 1. The summed E-state index contributed by atoms with van der Waals surface area (Å²) in [5.74, 6) is 1.44. The number of ether oxygens (including phenoxy) is 1. The predicted molar refractivity (Wildman–Crippen MR) is 88.2 cm³/mol. The van der Waals surface area contributed by atoms with Gasteiger partial charge in [0.05, 0.1) is 7.11 Å². The van der Waals surface area contributed by atoms with Crippen molar-refractivity contribution < 1.29 is 4.74 Å². The van der Waals surface area contributed by atoms with E-state index >= 15 is 0 Å². The van der Waals surface area contributed by atoms with E-state index in [-0.39, 0.29) is 0 Å². The van der Waals surface area contributed by atoms with Crippen LogP contribution in [0.3, 0.4) is 0 Å². The number of nitrogens with zero attached hydrogens (tertiary/aromatic N) is 2. The maximum absolute atomic E-state index is 6.22. The van der Waals surface area contributed by atoms with E-state index in [4.69, 9.17) is 22.1 Å². The monoisotopic (exact) mass is 309 g/mol. The Morgan fingerprint density at radius 2 is 2.00 bits per heavy atom. The summed E-state index contributed by atoms with van der Waals surface area (Å²) >= 11 is 6.22. The smallest absolute Gasteiger partial charge is 0.191 e. The zero-order valence-corrected chi connectivity index (χ0v) is 13.4. The van der Waals surface area contributed by atoms with Gasteiger partial charge in [0.1, 0.15) is 5.75 Å². The molecule has 0 unspecified atom stereocenters. The van der Waals surface area contributed by atoms with Crippen molar-refractivity contribution in [3.05, 3.63) is 28.8 Å². The van der Waals surface area contributed by atoms with Crippen LogP contribution in [0, 0.1) is 0 Å². The molecule has 1 aromatic rings. The van der Waals surface area contributed by atoms with E-state index in [1.165, 1.54) is 25.7 Å². The van der Waals surface area contributed by atoms with Gasteiger partial charge in [0.15, 0.2) is 5.96 Å². The molecule has 1 aromatic carbocycles. The lowest BCUT2D eigenvalue weighted by atomic mass is 10.1. The molecule has 5 heteroatoms. The van der Waals surface area contributed by atoms with Crippen molar-refractivity contribution in [3.63, 3.8) is 0 Å². The molecule has 116 valence electrons. The fraction of sp³-hybridized carbons (Fsp3) is 0.562. The molecule has 1 aliphatic heterocycles. The number of benzene rings is 1. The van der Waals surface area contributed by atoms with E-state index in [0.29, 0.717) is 12.5 Å². The molecule has 1 saturated heterocycles. The van der Waals surface area contributed by atoms with Gasteiger partial charge in [-0.05, 0) is 37.0 Å². The molecule has 0 aromatic heterocycles. The largest absolute Gasteiger partial charge is 0.497 e. The molecule has 0 radical (unpaired) electrons. The van der Waals surface area contributed by atoms with Crippen LogP contribution in [0.4, 0.5) is 0 Å². The van der Waals surface area contributed by atoms with Gasteiger partial charge in [-0.1, -0.05) is 30.5 Å². The summed E-state index contributed by atoms with van der Waals surface area (Å²) in [7, 11) is 1.64. The minimum absolute atomic E-state index is 0.661. The van der Waals surface area contributed by atoms with E-state index in [1.54, 1.807) is 7.11 Å². The van der Waals surface area contributed by atoms with Gasteiger partial charge < -0.3 is 15.4 Å². The van der Waals surface area contributed by atoms with E-state index < -0.39 is 0 Å². The van der Waals surface area contributed by atoms with Crippen molar-refractivity contribution in [1.82, 2.24) is 4.90 Å². The van der Waals surface area contributed by atoms with Crippen LogP contribution < -0.4 is 10.5 Å². The first kappa shape index (κ1) is 16.0. The Morgan fingerprint density at radius 1 is 1.29 bits per heavy atom. The summed E-state index contributed by atoms with van der Waals surface area (Å²) in [5.41, 5.74) is 7.16. The van der Waals surface area contributed by atoms with E-state index in [9.17, 15) is 0 Å². The Kier molecular flexibility index (Phi) is 6.18. The number of nitrogens with two attached hydrogens (primary N) is 1. The van der Waals surface area contributed by atoms with Crippen molar-refractivity contribution in [2.45, 2.75) is 32.1 Å². The van der Waals surface area contributed by atoms with Crippen LogP contribution in [0.5, 0.6) is 5.75 Å². The van der Waals surface area contributed by atoms with Crippen LogP contribution in [-0.4, -0.2) is 37.6 Å². The SMILES string of the molecule is COc1ccc(CCN=C(N)N2CCCCCC2)c(Cl)c1. The molecule has 0 saturated carbocycles. The molecule has 0 spiro atoms. The molecular weight excluding hydrogens is 286 g/mol. The molecular formula is C16H24ClN3O. The van der Waals surface area contributed by atoms with Crippen LogP contribution in [0.25, 0.3) is 0 Å². The third kappa shape index (κ3) is 4.81. The Balaban J connectivity index is 1.88. The lowest BCUT2D eigenvalue weighted by molar-refractivity contribution is 0.414. The maximum Gasteiger partial charge on any atom is 0.191 e. The minimum Gasteiger partial charge on any atom is -0.497 e. The highest BCUT2D eigenvalue weighted by atomic mass is 35.5. The average Bonchev–Trinajstić information content (AvgIpc) is 2.77. The van der Waals surface area contributed by atoms with Crippen LogP contribution in [-0.2, 0) is 6.42 Å². The number of halogens is 1. The van der Waals surface area contributed by atoms with Gasteiger partial charge in [-0.25, -0.2) is 0 Å². The van der Waals surface area contributed by atoms with Crippen molar-refractivity contribution in [2.75, 3.05) is 26.7 Å². The van der Waals surface area contributed by atoms with Gasteiger partial charge in [-0.2, -0.15) is 0 Å². The summed E-state index contributed by atoms with van der Waals surface area (Å²) in [4.78, 5) is 6.70. The second-order valence-electron chi connectivity index (χ2n) is 5.35. The zero-order chi connectivity index (χ0) is 15.1. The number of hydrogen-bond donors (Lipinski definition) is 1. The predicted octanol–water partition coefficient (Wildman–Crippen LogP) is 3.08. The Labute approximate surface area is 131 Å². The maximum atomic E-state index is 6.22. The quantitative estimate of drug-likeness (QED) is 0.687. The normalized spacial score (nSPS) is 16.7. The Hall–Kier alpha value is -1.42. The lowest BCUT2D eigenvalue weighted by Gasteiger charge is -2.21. The standard InChI is InChI=1S/C16H24ClN3O/c1-21-14-7-6-13(15(17)12-14)8-9-19-16(18)20-10-4-2-3-5-11-20/h6-7,12H,2-5,8-11H2,1H3,(H2,18,19). The fourth-order valence-electron chi connectivity index (χ4n) is 2.55. The highest BCUT2D eigenvalue weighted by Gasteiger charge is 2.10. The van der Waals surface area contributed by atoms with Gasteiger partial charge in [0.2, 0.25) is 0 Å². The van der Waals surface area contributed by atoms with Gasteiger partial charge >= 0.3 is 0 Å². The lowest BCUT2D eigenvalue weighted by Crippen LogP contribution is -2.38. The second-order valence-corrected chi connectivity index (χ2v) is 5.76. The van der Waals surface area contributed by atoms with Crippen molar-refractivity contribution in [3.8, 4) is 5.75 Å². The average molecular weight is 310 g/mol.